The zero-order chi connectivity index (χ0) is 15.8. The summed E-state index contributed by atoms with van der Waals surface area (Å²) in [5.41, 5.74) is 6.93. The summed E-state index contributed by atoms with van der Waals surface area (Å²) in [5, 5.41) is 3.00. The van der Waals surface area contributed by atoms with E-state index in [1.165, 1.54) is 0 Å². The van der Waals surface area contributed by atoms with Crippen molar-refractivity contribution >= 4 is 11.6 Å². The van der Waals surface area contributed by atoms with Crippen molar-refractivity contribution in [2.24, 2.45) is 0 Å². The van der Waals surface area contributed by atoms with Gasteiger partial charge in [0.05, 0.1) is 12.3 Å². The molecule has 1 unspecified atom stereocenters. The van der Waals surface area contributed by atoms with Gasteiger partial charge in [0.25, 0.3) is 5.91 Å². The number of ether oxygens (including phenoxy) is 1. The van der Waals surface area contributed by atoms with E-state index in [1.807, 2.05) is 13.8 Å². The molecule has 0 spiro atoms. The molecule has 5 heteroatoms. The van der Waals surface area contributed by atoms with Crippen LogP contribution in [0.1, 0.15) is 38.1 Å². The molecule has 0 fully saturated rings. The number of nitrogen functional groups attached to an aromatic ring is 1. The molecule has 3 N–H and O–H groups in total. The minimum atomic E-state index is -0.107. The Balaban J connectivity index is 2.65. The summed E-state index contributed by atoms with van der Waals surface area (Å²) in [4.78, 5) is 14.5. The summed E-state index contributed by atoms with van der Waals surface area (Å²) >= 11 is 0. The number of anilines is 1. The van der Waals surface area contributed by atoms with Gasteiger partial charge in [-0.15, -0.1) is 0 Å². The summed E-state index contributed by atoms with van der Waals surface area (Å²) in [6.07, 6.45) is 0. The number of amides is 1. The number of nitrogens with one attached hydrogen (secondary N) is 1. The largest absolute Gasteiger partial charge is 0.492 e. The van der Waals surface area contributed by atoms with Gasteiger partial charge in [-0.2, -0.15) is 0 Å². The Morgan fingerprint density at radius 1 is 1.33 bits per heavy atom. The van der Waals surface area contributed by atoms with Crippen molar-refractivity contribution in [1.82, 2.24) is 10.2 Å². The molecule has 1 aromatic rings. The Bertz CT molecular complexity index is 459. The van der Waals surface area contributed by atoms with Gasteiger partial charge in [-0.25, -0.2) is 0 Å². The monoisotopic (exact) mass is 293 g/mol. The Kier molecular flexibility index (Phi) is 7.02. The van der Waals surface area contributed by atoms with Crippen LogP contribution in [-0.4, -0.2) is 43.1 Å². The second-order valence-corrected chi connectivity index (χ2v) is 5.05. The van der Waals surface area contributed by atoms with Crippen LogP contribution >= 0.6 is 0 Å². The fraction of sp³-hybridized carbons (Fsp3) is 0.562. The van der Waals surface area contributed by atoms with Gasteiger partial charge < -0.3 is 20.7 Å². The molecule has 0 aliphatic heterocycles. The second-order valence-electron chi connectivity index (χ2n) is 5.05. The zero-order valence-corrected chi connectivity index (χ0v) is 13.5. The predicted octanol–water partition coefficient (Wildman–Crippen LogP) is 2.13. The van der Waals surface area contributed by atoms with E-state index in [2.05, 4.69) is 24.1 Å². The Morgan fingerprint density at radius 2 is 2.00 bits per heavy atom. The summed E-state index contributed by atoms with van der Waals surface area (Å²) < 4.78 is 5.37. The quantitative estimate of drug-likeness (QED) is 0.721. The maximum Gasteiger partial charge on any atom is 0.251 e. The SMILES string of the molecule is CCOc1ccc(C(=O)NC(C)CN(CC)CC)cc1N. The summed E-state index contributed by atoms with van der Waals surface area (Å²) in [5.74, 6) is 0.509. The van der Waals surface area contributed by atoms with Crippen LogP contribution in [-0.2, 0) is 0 Å². The highest BCUT2D eigenvalue weighted by atomic mass is 16.5. The maximum atomic E-state index is 12.2. The van der Waals surface area contributed by atoms with Crippen molar-refractivity contribution in [3.8, 4) is 5.75 Å². The first-order valence-electron chi connectivity index (χ1n) is 7.57. The molecule has 5 nitrogen and oxygen atoms in total. The molecular weight excluding hydrogens is 266 g/mol. The molecule has 118 valence electrons. The number of benzene rings is 1. The van der Waals surface area contributed by atoms with Gasteiger partial charge in [0, 0.05) is 18.2 Å². The average Bonchev–Trinajstić information content (AvgIpc) is 2.46. The molecule has 1 atom stereocenters. The lowest BCUT2D eigenvalue weighted by molar-refractivity contribution is 0.0930. The number of nitrogens with two attached hydrogens (primary N) is 1. The van der Waals surface area contributed by atoms with Crippen LogP contribution in [0.15, 0.2) is 18.2 Å². The Morgan fingerprint density at radius 3 is 2.52 bits per heavy atom. The fourth-order valence-electron chi connectivity index (χ4n) is 2.20. The Hall–Kier alpha value is -1.75. The van der Waals surface area contributed by atoms with Gasteiger partial charge in [0.2, 0.25) is 0 Å². The Labute approximate surface area is 127 Å². The predicted molar refractivity (Wildman–Crippen MR) is 86.7 cm³/mol. The lowest BCUT2D eigenvalue weighted by Crippen LogP contribution is -2.41. The first-order valence-corrected chi connectivity index (χ1v) is 7.57. The van der Waals surface area contributed by atoms with Crippen molar-refractivity contribution in [1.29, 1.82) is 0 Å². The maximum absolute atomic E-state index is 12.2. The third kappa shape index (κ3) is 5.27. The van der Waals surface area contributed by atoms with Crippen molar-refractivity contribution < 1.29 is 9.53 Å². The van der Waals surface area contributed by atoms with Gasteiger partial charge in [-0.1, -0.05) is 13.8 Å². The first-order chi connectivity index (χ1) is 10.0. The smallest absolute Gasteiger partial charge is 0.251 e. The zero-order valence-electron chi connectivity index (χ0n) is 13.5. The van der Waals surface area contributed by atoms with Gasteiger partial charge in [0.1, 0.15) is 5.75 Å². The molecule has 0 heterocycles. The van der Waals surface area contributed by atoms with Gasteiger partial charge in [-0.3, -0.25) is 4.79 Å². The number of hydrogen-bond acceptors (Lipinski definition) is 4. The van der Waals surface area contributed by atoms with Crippen LogP contribution < -0.4 is 15.8 Å². The van der Waals surface area contributed by atoms with Crippen LogP contribution in [0.5, 0.6) is 5.75 Å². The fourth-order valence-corrected chi connectivity index (χ4v) is 2.20. The number of nitrogens with zero attached hydrogens (tertiary/aromatic N) is 1. The highest BCUT2D eigenvalue weighted by molar-refractivity contribution is 5.95. The average molecular weight is 293 g/mol. The van der Waals surface area contributed by atoms with Crippen LogP contribution in [0, 0.1) is 0 Å². The van der Waals surface area contributed by atoms with E-state index >= 15 is 0 Å². The molecule has 0 radical (unpaired) electrons. The van der Waals surface area contributed by atoms with Crippen molar-refractivity contribution in [2.75, 3.05) is 32.0 Å². The molecule has 0 aromatic heterocycles. The van der Waals surface area contributed by atoms with Crippen LogP contribution in [0.2, 0.25) is 0 Å². The molecule has 0 bridgehead atoms. The summed E-state index contributed by atoms with van der Waals surface area (Å²) in [6.45, 7) is 11.5. The van der Waals surface area contributed by atoms with E-state index in [9.17, 15) is 4.79 Å². The molecule has 21 heavy (non-hydrogen) atoms. The van der Waals surface area contributed by atoms with E-state index in [4.69, 9.17) is 10.5 Å². The number of hydrogen-bond donors (Lipinski definition) is 2. The van der Waals surface area contributed by atoms with E-state index in [0.29, 0.717) is 23.6 Å². The van der Waals surface area contributed by atoms with Crippen molar-refractivity contribution in [3.05, 3.63) is 23.8 Å². The van der Waals surface area contributed by atoms with E-state index < -0.39 is 0 Å². The molecule has 1 amide bonds. The summed E-state index contributed by atoms with van der Waals surface area (Å²) in [6, 6.07) is 5.22. The number of rotatable bonds is 8. The van der Waals surface area contributed by atoms with Crippen LogP contribution in [0.25, 0.3) is 0 Å². The normalized spacial score (nSPS) is 12.2. The van der Waals surface area contributed by atoms with E-state index in [1.54, 1.807) is 18.2 Å². The number of likely N-dealkylation sites (N-methyl/N-ethyl adjacent to an activating group) is 1. The third-order valence-electron chi connectivity index (χ3n) is 3.38. The lowest BCUT2D eigenvalue weighted by Gasteiger charge is -2.23. The van der Waals surface area contributed by atoms with Gasteiger partial charge in [-0.05, 0) is 45.1 Å². The van der Waals surface area contributed by atoms with E-state index in [0.717, 1.165) is 19.6 Å². The van der Waals surface area contributed by atoms with Crippen molar-refractivity contribution in [2.45, 2.75) is 33.7 Å². The molecule has 0 saturated carbocycles. The molecule has 0 aliphatic carbocycles. The highest BCUT2D eigenvalue weighted by Crippen LogP contribution is 2.22. The van der Waals surface area contributed by atoms with Crippen LogP contribution in [0.4, 0.5) is 5.69 Å². The molecular formula is C16H27N3O2. The number of carbonyl (C=O) groups excluding carboxylic acids is 1. The van der Waals surface area contributed by atoms with Gasteiger partial charge in [0.15, 0.2) is 0 Å². The molecule has 1 rings (SSSR count). The lowest BCUT2D eigenvalue weighted by atomic mass is 10.1. The van der Waals surface area contributed by atoms with Gasteiger partial charge >= 0.3 is 0 Å². The summed E-state index contributed by atoms with van der Waals surface area (Å²) in [7, 11) is 0. The minimum Gasteiger partial charge on any atom is -0.492 e. The number of carbonyl (C=O) groups is 1. The molecule has 0 aliphatic rings. The molecule has 1 aromatic carbocycles. The minimum absolute atomic E-state index is 0.0881. The van der Waals surface area contributed by atoms with E-state index in [-0.39, 0.29) is 11.9 Å². The highest BCUT2D eigenvalue weighted by Gasteiger charge is 2.13. The standard InChI is InChI=1S/C16H27N3O2/c1-5-19(6-2)11-12(4)18-16(20)13-8-9-15(21-7-3)14(17)10-13/h8-10,12H,5-7,11,17H2,1-4H3,(H,18,20). The first kappa shape index (κ1) is 17.3. The topological polar surface area (TPSA) is 67.6 Å². The second kappa shape index (κ2) is 8.52. The van der Waals surface area contributed by atoms with Crippen LogP contribution in [0.3, 0.4) is 0 Å². The third-order valence-corrected chi connectivity index (χ3v) is 3.38. The molecule has 0 saturated heterocycles. The van der Waals surface area contributed by atoms with Crippen molar-refractivity contribution in [3.63, 3.8) is 0 Å².